The van der Waals surface area contributed by atoms with Crippen LogP contribution < -0.4 is 10.6 Å². The molecule has 1 aliphatic heterocycles. The van der Waals surface area contributed by atoms with E-state index in [1.165, 1.54) is 0 Å². The highest BCUT2D eigenvalue weighted by atomic mass is 16.1. The molecule has 1 aromatic rings. The maximum Gasteiger partial charge on any atom is 0.223 e. The molecule has 1 aromatic heterocycles. The molecule has 2 atom stereocenters. The van der Waals surface area contributed by atoms with E-state index in [1.807, 2.05) is 7.05 Å². The predicted octanol–water partition coefficient (Wildman–Crippen LogP) is -0.181. The fourth-order valence-electron chi connectivity index (χ4n) is 2.15. The van der Waals surface area contributed by atoms with Crippen molar-refractivity contribution in [1.82, 2.24) is 25.4 Å². The Balaban J connectivity index is 1.80. The average Bonchev–Trinajstić information content (AvgIpc) is 2.72. The van der Waals surface area contributed by atoms with Gasteiger partial charge in [0.25, 0.3) is 0 Å². The molecule has 2 rings (SSSR count). The first kappa shape index (κ1) is 12.0. The van der Waals surface area contributed by atoms with Crippen molar-refractivity contribution >= 4 is 5.91 Å². The van der Waals surface area contributed by atoms with Gasteiger partial charge in [0, 0.05) is 19.0 Å². The summed E-state index contributed by atoms with van der Waals surface area (Å²) in [6.45, 7) is 3.44. The van der Waals surface area contributed by atoms with E-state index in [1.54, 1.807) is 11.0 Å². The van der Waals surface area contributed by atoms with Crippen LogP contribution in [0.25, 0.3) is 0 Å². The Morgan fingerprint density at radius 1 is 1.71 bits per heavy atom. The zero-order chi connectivity index (χ0) is 12.3. The zero-order valence-corrected chi connectivity index (χ0v) is 10.3. The number of hydrogen-bond acceptors (Lipinski definition) is 4. The molecule has 6 heteroatoms. The molecule has 94 valence electrons. The molecule has 0 bridgehead atoms. The number of nitrogens with one attached hydrogen (secondary N) is 2. The summed E-state index contributed by atoms with van der Waals surface area (Å²) in [5.74, 6) is 0.892. The molecule has 0 aliphatic carbocycles. The molecular weight excluding hydrogens is 218 g/mol. The summed E-state index contributed by atoms with van der Waals surface area (Å²) < 4.78 is 1.63. The monoisotopic (exact) mass is 237 g/mol. The summed E-state index contributed by atoms with van der Waals surface area (Å²) >= 11 is 0. The van der Waals surface area contributed by atoms with Crippen LogP contribution in [0.1, 0.15) is 25.6 Å². The second kappa shape index (κ2) is 5.27. The third-order valence-corrected chi connectivity index (χ3v) is 3.06. The third kappa shape index (κ3) is 3.26. The fraction of sp³-hybridized carbons (Fsp3) is 0.727. The van der Waals surface area contributed by atoms with Gasteiger partial charge in [0.15, 0.2) is 5.82 Å². The van der Waals surface area contributed by atoms with Gasteiger partial charge in [-0.1, -0.05) is 0 Å². The second-order valence-corrected chi connectivity index (χ2v) is 4.63. The van der Waals surface area contributed by atoms with Crippen LogP contribution in [0.4, 0.5) is 0 Å². The summed E-state index contributed by atoms with van der Waals surface area (Å²) in [5, 5.41) is 10.4. The van der Waals surface area contributed by atoms with Crippen LogP contribution in [0.3, 0.4) is 0 Å². The molecule has 6 nitrogen and oxygen atoms in total. The summed E-state index contributed by atoms with van der Waals surface area (Å²) in [5.41, 5.74) is 0. The molecule has 0 aromatic carbocycles. The van der Waals surface area contributed by atoms with Crippen molar-refractivity contribution in [3.05, 3.63) is 12.2 Å². The lowest BCUT2D eigenvalue weighted by molar-refractivity contribution is -0.126. The lowest BCUT2D eigenvalue weighted by Gasteiger charge is -2.26. The number of carbonyl (C=O) groups excluding carboxylic acids is 1. The van der Waals surface area contributed by atoms with Gasteiger partial charge in [-0.2, -0.15) is 5.10 Å². The van der Waals surface area contributed by atoms with Gasteiger partial charge in [-0.15, -0.1) is 0 Å². The molecule has 2 unspecified atom stereocenters. The van der Waals surface area contributed by atoms with Crippen LogP contribution in [0.5, 0.6) is 0 Å². The van der Waals surface area contributed by atoms with Gasteiger partial charge in [-0.25, -0.2) is 4.98 Å². The van der Waals surface area contributed by atoms with Crippen molar-refractivity contribution in [1.29, 1.82) is 0 Å². The van der Waals surface area contributed by atoms with Crippen LogP contribution in [-0.2, 0) is 18.4 Å². The van der Waals surface area contributed by atoms with Crippen LogP contribution in [-0.4, -0.2) is 33.3 Å². The highest BCUT2D eigenvalue weighted by molar-refractivity contribution is 5.78. The maximum atomic E-state index is 11.9. The zero-order valence-electron chi connectivity index (χ0n) is 10.3. The molecule has 2 N–H and O–H groups in total. The molecule has 1 aliphatic rings. The predicted molar refractivity (Wildman–Crippen MR) is 63.0 cm³/mol. The van der Waals surface area contributed by atoms with Gasteiger partial charge < -0.3 is 10.6 Å². The Labute approximate surface area is 101 Å². The van der Waals surface area contributed by atoms with Crippen molar-refractivity contribution in [2.24, 2.45) is 13.0 Å². The van der Waals surface area contributed by atoms with Crippen molar-refractivity contribution in [3.8, 4) is 0 Å². The smallest absolute Gasteiger partial charge is 0.223 e. The van der Waals surface area contributed by atoms with E-state index in [-0.39, 0.29) is 11.8 Å². The Kier molecular flexibility index (Phi) is 3.73. The number of hydrogen-bond donors (Lipinski definition) is 2. The minimum Gasteiger partial charge on any atom is -0.348 e. The van der Waals surface area contributed by atoms with Gasteiger partial charge in [0.05, 0.1) is 6.54 Å². The molecule has 1 fully saturated rings. The lowest BCUT2D eigenvalue weighted by atomic mass is 9.92. The first-order valence-corrected chi connectivity index (χ1v) is 6.01. The van der Waals surface area contributed by atoms with Crippen molar-refractivity contribution < 1.29 is 4.79 Å². The highest BCUT2D eigenvalue weighted by Gasteiger charge is 2.24. The maximum absolute atomic E-state index is 11.9. The van der Waals surface area contributed by atoms with Crippen molar-refractivity contribution in [2.45, 2.75) is 32.4 Å². The molecule has 1 amide bonds. The molecule has 17 heavy (non-hydrogen) atoms. The van der Waals surface area contributed by atoms with Crippen LogP contribution >= 0.6 is 0 Å². The van der Waals surface area contributed by atoms with Crippen molar-refractivity contribution in [2.75, 3.05) is 6.54 Å². The van der Waals surface area contributed by atoms with Gasteiger partial charge in [0.1, 0.15) is 6.33 Å². The summed E-state index contributed by atoms with van der Waals surface area (Å²) in [4.78, 5) is 16.0. The second-order valence-electron chi connectivity index (χ2n) is 4.63. The van der Waals surface area contributed by atoms with Crippen LogP contribution in [0, 0.1) is 5.92 Å². The fourth-order valence-corrected chi connectivity index (χ4v) is 2.15. The Morgan fingerprint density at radius 3 is 3.18 bits per heavy atom. The number of nitrogens with zero attached hydrogens (tertiary/aromatic N) is 3. The Hall–Kier alpha value is -1.43. The minimum absolute atomic E-state index is 0.116. The number of amides is 1. The van der Waals surface area contributed by atoms with E-state index in [2.05, 4.69) is 27.6 Å². The molecule has 0 saturated carbocycles. The Bertz CT molecular complexity index is 389. The standard InChI is InChI=1S/C11H19N5O/c1-8-5-9(3-4-12-8)11(17)13-6-10-14-7-16(2)15-10/h7-9,12H,3-6H2,1-2H3,(H,13,17). The van der Waals surface area contributed by atoms with E-state index in [9.17, 15) is 4.79 Å². The van der Waals surface area contributed by atoms with Gasteiger partial charge in [-0.3, -0.25) is 9.48 Å². The molecule has 0 spiro atoms. The van der Waals surface area contributed by atoms with Crippen LogP contribution in [0.2, 0.25) is 0 Å². The first-order chi connectivity index (χ1) is 8.15. The lowest BCUT2D eigenvalue weighted by Crippen LogP contribution is -2.42. The van der Waals surface area contributed by atoms with E-state index in [0.29, 0.717) is 18.4 Å². The van der Waals surface area contributed by atoms with Crippen LogP contribution in [0.15, 0.2) is 6.33 Å². The summed E-state index contributed by atoms with van der Waals surface area (Å²) in [6, 6.07) is 0.424. The number of carbonyl (C=O) groups is 1. The summed E-state index contributed by atoms with van der Waals surface area (Å²) in [6.07, 6.45) is 3.45. The minimum atomic E-state index is 0.116. The van der Waals surface area contributed by atoms with Gasteiger partial charge in [-0.05, 0) is 26.3 Å². The normalized spacial score (nSPS) is 24.6. The molecule has 0 radical (unpaired) electrons. The number of aryl methyl sites for hydroxylation is 1. The SMILES string of the molecule is CC1CC(C(=O)NCc2ncn(C)n2)CCN1. The highest BCUT2D eigenvalue weighted by Crippen LogP contribution is 2.15. The quantitative estimate of drug-likeness (QED) is 0.765. The van der Waals surface area contributed by atoms with E-state index < -0.39 is 0 Å². The molecule has 1 saturated heterocycles. The topological polar surface area (TPSA) is 71.8 Å². The number of rotatable bonds is 3. The van der Waals surface area contributed by atoms with E-state index in [4.69, 9.17) is 0 Å². The molecular formula is C11H19N5O. The number of piperidine rings is 1. The van der Waals surface area contributed by atoms with Crippen molar-refractivity contribution in [3.63, 3.8) is 0 Å². The molecule has 2 heterocycles. The Morgan fingerprint density at radius 2 is 2.53 bits per heavy atom. The van der Waals surface area contributed by atoms with E-state index in [0.717, 1.165) is 19.4 Å². The van der Waals surface area contributed by atoms with Gasteiger partial charge >= 0.3 is 0 Å². The van der Waals surface area contributed by atoms with Gasteiger partial charge in [0.2, 0.25) is 5.91 Å². The number of aromatic nitrogens is 3. The largest absolute Gasteiger partial charge is 0.348 e. The third-order valence-electron chi connectivity index (χ3n) is 3.06. The van der Waals surface area contributed by atoms with E-state index >= 15 is 0 Å². The first-order valence-electron chi connectivity index (χ1n) is 6.01. The summed E-state index contributed by atoms with van der Waals surface area (Å²) in [7, 11) is 1.81. The average molecular weight is 237 g/mol.